The summed E-state index contributed by atoms with van der Waals surface area (Å²) in [6, 6.07) is 4.44. The molecule has 0 aliphatic rings. The van der Waals surface area contributed by atoms with Gasteiger partial charge in [0.05, 0.1) is 0 Å². The van der Waals surface area contributed by atoms with Crippen molar-refractivity contribution in [3.8, 4) is 0 Å². The molecular formula is C16H27N. The lowest BCUT2D eigenvalue weighted by molar-refractivity contribution is 0.406. The molecule has 1 unspecified atom stereocenters. The second-order valence-corrected chi connectivity index (χ2v) is 6.49. The fourth-order valence-electron chi connectivity index (χ4n) is 2.22. The van der Waals surface area contributed by atoms with Crippen molar-refractivity contribution in [2.75, 3.05) is 0 Å². The molecular weight excluding hydrogens is 206 g/mol. The van der Waals surface area contributed by atoms with E-state index in [2.05, 4.69) is 57.9 Å². The van der Waals surface area contributed by atoms with E-state index in [0.29, 0.717) is 5.41 Å². The molecule has 1 atom stereocenters. The van der Waals surface area contributed by atoms with Crippen LogP contribution in [0.1, 0.15) is 58.7 Å². The van der Waals surface area contributed by atoms with Gasteiger partial charge < -0.3 is 0 Å². The van der Waals surface area contributed by atoms with Gasteiger partial charge in [0.2, 0.25) is 0 Å². The molecule has 1 heterocycles. The molecule has 1 aromatic rings. The monoisotopic (exact) mass is 233 g/mol. The average molecular weight is 233 g/mol. The van der Waals surface area contributed by atoms with Crippen LogP contribution in [0, 0.1) is 11.3 Å². The van der Waals surface area contributed by atoms with E-state index in [9.17, 15) is 0 Å². The van der Waals surface area contributed by atoms with Crippen LogP contribution in [0.15, 0.2) is 18.3 Å². The maximum atomic E-state index is 4.58. The fourth-order valence-corrected chi connectivity index (χ4v) is 2.22. The summed E-state index contributed by atoms with van der Waals surface area (Å²) in [5, 5.41) is 0. The number of pyridine rings is 1. The van der Waals surface area contributed by atoms with E-state index in [1.807, 2.05) is 0 Å². The van der Waals surface area contributed by atoms with Crippen molar-refractivity contribution in [1.82, 2.24) is 4.98 Å². The van der Waals surface area contributed by atoms with Gasteiger partial charge >= 0.3 is 0 Å². The predicted molar refractivity (Wildman–Crippen MR) is 75.2 cm³/mol. The highest BCUT2D eigenvalue weighted by Crippen LogP contribution is 2.20. The van der Waals surface area contributed by atoms with E-state index >= 15 is 0 Å². The Kier molecular flexibility index (Phi) is 5.17. The molecule has 0 N–H and O–H groups in total. The first-order valence-electron chi connectivity index (χ1n) is 6.84. The van der Waals surface area contributed by atoms with Gasteiger partial charge in [0.1, 0.15) is 0 Å². The molecule has 0 radical (unpaired) electrons. The molecule has 96 valence electrons. The summed E-state index contributed by atoms with van der Waals surface area (Å²) < 4.78 is 0. The van der Waals surface area contributed by atoms with Crippen molar-refractivity contribution in [2.24, 2.45) is 11.3 Å². The van der Waals surface area contributed by atoms with Gasteiger partial charge in [-0.3, -0.25) is 4.98 Å². The number of rotatable bonds is 5. The fraction of sp³-hybridized carbons (Fsp3) is 0.688. The van der Waals surface area contributed by atoms with Crippen molar-refractivity contribution in [3.63, 3.8) is 0 Å². The van der Waals surface area contributed by atoms with Gasteiger partial charge in [-0.1, -0.05) is 53.5 Å². The lowest BCUT2D eigenvalue weighted by atomic mass is 9.90. The normalized spacial score (nSPS) is 13.7. The first-order chi connectivity index (χ1) is 7.90. The largest absolute Gasteiger partial charge is 0.261 e. The van der Waals surface area contributed by atoms with Crippen molar-refractivity contribution < 1.29 is 0 Å². The summed E-state index contributed by atoms with van der Waals surface area (Å²) in [5.41, 5.74) is 2.91. The van der Waals surface area contributed by atoms with Crippen LogP contribution in [0.3, 0.4) is 0 Å². The van der Waals surface area contributed by atoms with Crippen molar-refractivity contribution in [1.29, 1.82) is 0 Å². The van der Waals surface area contributed by atoms with Crippen LogP contribution in [0.25, 0.3) is 0 Å². The van der Waals surface area contributed by atoms with Gasteiger partial charge in [0.25, 0.3) is 0 Å². The van der Waals surface area contributed by atoms with Crippen molar-refractivity contribution in [2.45, 2.75) is 60.3 Å². The molecule has 0 bridgehead atoms. The van der Waals surface area contributed by atoms with Crippen LogP contribution in [-0.4, -0.2) is 4.98 Å². The molecule has 17 heavy (non-hydrogen) atoms. The van der Waals surface area contributed by atoms with Crippen LogP contribution in [0.4, 0.5) is 0 Å². The number of hydrogen-bond donors (Lipinski definition) is 0. The lowest BCUT2D eigenvalue weighted by Gasteiger charge is -2.17. The van der Waals surface area contributed by atoms with E-state index in [1.165, 1.54) is 24.1 Å². The third kappa shape index (κ3) is 5.86. The van der Waals surface area contributed by atoms with Gasteiger partial charge in [-0.2, -0.15) is 0 Å². The van der Waals surface area contributed by atoms with Crippen LogP contribution in [0.5, 0.6) is 0 Å². The van der Waals surface area contributed by atoms with E-state index < -0.39 is 0 Å². The Bertz CT molecular complexity index is 318. The Morgan fingerprint density at radius 1 is 1.24 bits per heavy atom. The first-order valence-corrected chi connectivity index (χ1v) is 6.84. The summed E-state index contributed by atoms with van der Waals surface area (Å²) in [4.78, 5) is 4.58. The molecule has 0 aliphatic carbocycles. The van der Waals surface area contributed by atoms with Crippen LogP contribution in [-0.2, 0) is 12.8 Å². The van der Waals surface area contributed by atoms with Crippen molar-refractivity contribution >= 4 is 0 Å². The zero-order chi connectivity index (χ0) is 12.9. The van der Waals surface area contributed by atoms with Gasteiger partial charge in [0.15, 0.2) is 0 Å². The zero-order valence-corrected chi connectivity index (χ0v) is 12.1. The smallest absolute Gasteiger partial charge is 0.0409 e. The zero-order valence-electron chi connectivity index (χ0n) is 12.1. The molecule has 0 saturated carbocycles. The molecule has 0 spiro atoms. The summed E-state index contributed by atoms with van der Waals surface area (Å²) >= 11 is 0. The second-order valence-electron chi connectivity index (χ2n) is 6.49. The first kappa shape index (κ1) is 14.2. The molecule has 1 aromatic heterocycles. The maximum Gasteiger partial charge on any atom is 0.0409 e. The average Bonchev–Trinajstić information content (AvgIpc) is 2.19. The summed E-state index contributed by atoms with van der Waals surface area (Å²) in [6.45, 7) is 11.3. The molecule has 1 rings (SSSR count). The minimum Gasteiger partial charge on any atom is -0.261 e. The summed E-state index contributed by atoms with van der Waals surface area (Å²) in [7, 11) is 0. The molecule has 0 fully saturated rings. The third-order valence-corrected chi connectivity index (χ3v) is 2.96. The maximum absolute atomic E-state index is 4.58. The highest BCUT2D eigenvalue weighted by Gasteiger charge is 2.12. The molecule has 0 amide bonds. The Labute approximate surface area is 107 Å². The Morgan fingerprint density at radius 2 is 1.94 bits per heavy atom. The van der Waals surface area contributed by atoms with E-state index in [1.54, 1.807) is 0 Å². The summed E-state index contributed by atoms with van der Waals surface area (Å²) in [6.07, 6.45) is 6.86. The molecule has 0 aliphatic heterocycles. The number of nitrogens with zero attached hydrogens (tertiary/aromatic N) is 1. The predicted octanol–water partition coefficient (Wildman–Crippen LogP) is 4.65. The van der Waals surface area contributed by atoms with Crippen molar-refractivity contribution in [3.05, 3.63) is 29.6 Å². The highest BCUT2D eigenvalue weighted by atomic mass is 14.7. The van der Waals surface area contributed by atoms with Crippen LogP contribution < -0.4 is 0 Å². The van der Waals surface area contributed by atoms with E-state index in [-0.39, 0.29) is 0 Å². The minimum absolute atomic E-state index is 0.323. The van der Waals surface area contributed by atoms with E-state index in [0.717, 1.165) is 18.8 Å². The Balaban J connectivity index is 2.56. The van der Waals surface area contributed by atoms with Gasteiger partial charge in [-0.05, 0) is 35.8 Å². The number of aromatic nitrogens is 1. The van der Waals surface area contributed by atoms with Gasteiger partial charge in [0, 0.05) is 11.9 Å². The highest BCUT2D eigenvalue weighted by molar-refractivity contribution is 5.15. The Morgan fingerprint density at radius 3 is 2.41 bits per heavy atom. The third-order valence-electron chi connectivity index (χ3n) is 2.96. The number of hydrogen-bond acceptors (Lipinski definition) is 1. The molecule has 1 nitrogen and oxygen atoms in total. The van der Waals surface area contributed by atoms with E-state index in [4.69, 9.17) is 0 Å². The minimum atomic E-state index is 0.323. The van der Waals surface area contributed by atoms with Crippen LogP contribution in [0.2, 0.25) is 0 Å². The molecule has 1 heteroatoms. The molecule has 0 saturated heterocycles. The quantitative estimate of drug-likeness (QED) is 0.721. The molecule has 0 aromatic carbocycles. The van der Waals surface area contributed by atoms with Gasteiger partial charge in [-0.25, -0.2) is 0 Å². The standard InChI is InChI=1S/C16H27N/c1-6-7-13(2)10-14-8-9-15(17-12-14)11-16(3,4)5/h8-9,12-13H,6-7,10-11H2,1-5H3. The lowest BCUT2D eigenvalue weighted by Crippen LogP contribution is -2.10. The topological polar surface area (TPSA) is 12.9 Å². The summed E-state index contributed by atoms with van der Waals surface area (Å²) in [5.74, 6) is 0.773. The Hall–Kier alpha value is -0.850. The second kappa shape index (κ2) is 6.18. The SMILES string of the molecule is CCCC(C)Cc1ccc(CC(C)(C)C)nc1. The van der Waals surface area contributed by atoms with Gasteiger partial charge in [-0.15, -0.1) is 0 Å². The van der Waals surface area contributed by atoms with Crippen LogP contribution >= 0.6 is 0 Å².